The van der Waals surface area contributed by atoms with Crippen molar-refractivity contribution in [3.8, 4) is 5.69 Å². The normalized spacial score (nSPS) is 18.4. The molecule has 1 unspecified atom stereocenters. The van der Waals surface area contributed by atoms with Gasteiger partial charge in [0.05, 0.1) is 17.1 Å². The number of nitrogens with zero attached hydrogens (tertiary/aromatic N) is 2. The van der Waals surface area contributed by atoms with E-state index in [9.17, 15) is 4.79 Å². The summed E-state index contributed by atoms with van der Waals surface area (Å²) in [4.78, 5) is 14.7. The summed E-state index contributed by atoms with van der Waals surface area (Å²) in [5.74, 6) is 0.710. The first-order valence-electron chi connectivity index (χ1n) is 10.3. The van der Waals surface area contributed by atoms with E-state index in [1.54, 1.807) is 0 Å². The second kappa shape index (κ2) is 6.89. The average Bonchev–Trinajstić information content (AvgIpc) is 3.18. The maximum absolute atomic E-state index is 13.8. The average molecular weight is 459 g/mol. The van der Waals surface area contributed by atoms with Crippen LogP contribution in [0.4, 0.5) is 17.2 Å². The highest BCUT2D eigenvalue weighted by Crippen LogP contribution is 2.59. The Balaban J connectivity index is 1.72. The van der Waals surface area contributed by atoms with Gasteiger partial charge >= 0.3 is 0 Å². The molecule has 3 aromatic carbocycles. The highest BCUT2D eigenvalue weighted by Gasteiger charge is 2.54. The maximum Gasteiger partial charge on any atom is 0.250 e. The molecule has 0 saturated heterocycles. The van der Waals surface area contributed by atoms with E-state index in [1.165, 1.54) is 11.8 Å². The van der Waals surface area contributed by atoms with Gasteiger partial charge in [0.15, 0.2) is 4.75 Å². The molecular weight excluding hydrogens is 440 g/mol. The lowest BCUT2D eigenvalue weighted by molar-refractivity contribution is -0.117. The van der Waals surface area contributed by atoms with E-state index in [1.807, 2.05) is 79.2 Å². The molecule has 0 aliphatic carbocycles. The van der Waals surface area contributed by atoms with E-state index in [4.69, 9.17) is 16.7 Å². The lowest BCUT2D eigenvalue weighted by atomic mass is 9.90. The van der Waals surface area contributed by atoms with Gasteiger partial charge in [-0.3, -0.25) is 4.79 Å². The van der Waals surface area contributed by atoms with Gasteiger partial charge in [-0.1, -0.05) is 59.3 Å². The van der Waals surface area contributed by atoms with Gasteiger partial charge in [0.1, 0.15) is 5.82 Å². The minimum Gasteiger partial charge on any atom is -0.339 e. The number of aryl methyl sites for hydroxylation is 2. The molecule has 7 heteroatoms. The predicted molar refractivity (Wildman–Crippen MR) is 129 cm³/mol. The van der Waals surface area contributed by atoms with Crippen molar-refractivity contribution in [1.82, 2.24) is 9.78 Å². The number of anilines is 3. The monoisotopic (exact) mass is 458 g/mol. The molecule has 6 rings (SSSR count). The molecule has 3 heterocycles. The molecular formula is C25H19ClN4OS. The summed E-state index contributed by atoms with van der Waals surface area (Å²) in [7, 11) is 0. The lowest BCUT2D eigenvalue weighted by Gasteiger charge is -2.26. The summed E-state index contributed by atoms with van der Waals surface area (Å²) < 4.78 is 0.897. The number of amides is 1. The number of para-hydroxylation sites is 1. The molecule has 1 aromatic heterocycles. The maximum atomic E-state index is 13.8. The number of halogens is 1. The third kappa shape index (κ3) is 2.66. The van der Waals surface area contributed by atoms with Gasteiger partial charge in [-0.2, -0.15) is 5.10 Å². The van der Waals surface area contributed by atoms with Gasteiger partial charge in [-0.25, -0.2) is 4.68 Å². The molecule has 1 spiro atoms. The first kappa shape index (κ1) is 19.5. The number of benzene rings is 3. The number of hydrogen-bond acceptors (Lipinski definition) is 4. The quantitative estimate of drug-likeness (QED) is 0.357. The van der Waals surface area contributed by atoms with Crippen molar-refractivity contribution in [2.45, 2.75) is 23.5 Å². The molecule has 158 valence electrons. The molecule has 4 aromatic rings. The van der Waals surface area contributed by atoms with E-state index in [0.717, 1.165) is 50.2 Å². The van der Waals surface area contributed by atoms with Crippen LogP contribution < -0.4 is 10.6 Å². The minimum atomic E-state index is -0.989. The largest absolute Gasteiger partial charge is 0.339 e. The number of carbonyl (C=O) groups is 1. The number of aromatic nitrogens is 2. The summed E-state index contributed by atoms with van der Waals surface area (Å²) in [6.45, 7) is 4.01. The molecule has 0 bridgehead atoms. The van der Waals surface area contributed by atoms with Crippen molar-refractivity contribution >= 4 is 46.5 Å². The number of fused-ring (bicyclic) bond motifs is 5. The molecule has 0 fully saturated rings. The molecule has 1 atom stereocenters. The number of rotatable bonds is 1. The zero-order valence-corrected chi connectivity index (χ0v) is 19.0. The Morgan fingerprint density at radius 1 is 0.969 bits per heavy atom. The second-order valence-electron chi connectivity index (χ2n) is 8.11. The topological polar surface area (TPSA) is 59.0 Å². The van der Waals surface area contributed by atoms with Crippen LogP contribution in [-0.2, 0) is 9.54 Å². The fourth-order valence-corrected chi connectivity index (χ4v) is 6.34. The van der Waals surface area contributed by atoms with E-state index in [0.29, 0.717) is 5.02 Å². The predicted octanol–water partition coefficient (Wildman–Crippen LogP) is 6.19. The molecule has 5 nitrogen and oxygen atoms in total. The highest BCUT2D eigenvalue weighted by molar-refractivity contribution is 8.01. The number of thioether (sulfide) groups is 1. The van der Waals surface area contributed by atoms with Gasteiger partial charge in [-0.05, 0) is 50.2 Å². The van der Waals surface area contributed by atoms with Crippen LogP contribution in [0.5, 0.6) is 0 Å². The lowest BCUT2D eigenvalue weighted by Crippen LogP contribution is -2.32. The summed E-state index contributed by atoms with van der Waals surface area (Å²) in [6.07, 6.45) is 0. The van der Waals surface area contributed by atoms with E-state index < -0.39 is 4.75 Å². The third-order valence-corrected chi connectivity index (χ3v) is 7.70. The van der Waals surface area contributed by atoms with Crippen molar-refractivity contribution in [2.24, 2.45) is 0 Å². The first-order valence-corrected chi connectivity index (χ1v) is 11.5. The van der Waals surface area contributed by atoms with Crippen LogP contribution in [0.1, 0.15) is 22.4 Å². The Morgan fingerprint density at radius 3 is 2.56 bits per heavy atom. The Hall–Kier alpha value is -3.22. The van der Waals surface area contributed by atoms with E-state index in [-0.39, 0.29) is 5.91 Å². The second-order valence-corrected chi connectivity index (χ2v) is 9.80. The van der Waals surface area contributed by atoms with Crippen LogP contribution in [0.3, 0.4) is 0 Å². The molecule has 1 amide bonds. The van der Waals surface area contributed by atoms with Gasteiger partial charge < -0.3 is 10.6 Å². The molecule has 0 radical (unpaired) electrons. The Morgan fingerprint density at radius 2 is 1.75 bits per heavy atom. The van der Waals surface area contributed by atoms with Gasteiger partial charge in [0.25, 0.3) is 0 Å². The van der Waals surface area contributed by atoms with Crippen molar-refractivity contribution < 1.29 is 4.79 Å². The van der Waals surface area contributed by atoms with Crippen LogP contribution in [0.25, 0.3) is 5.69 Å². The van der Waals surface area contributed by atoms with Crippen molar-refractivity contribution in [1.29, 1.82) is 0 Å². The first-order chi connectivity index (χ1) is 15.5. The standard InChI is InChI=1S/C25H19ClN4OS/c1-14-8-10-19-18(12-14)25(24(31)28-19)22-15(2)29-30(17-6-4-3-5-7-17)23(22)27-20-11-9-16(26)13-21(20)32-25/h3-13,27H,1-2H3,(H,28,31). The Kier molecular flexibility index (Phi) is 4.19. The van der Waals surface area contributed by atoms with Crippen LogP contribution in [-0.4, -0.2) is 15.7 Å². The Labute approximate surface area is 194 Å². The fourth-order valence-electron chi connectivity index (χ4n) is 4.59. The fraction of sp³-hybridized carbons (Fsp3) is 0.120. The van der Waals surface area contributed by atoms with Crippen molar-refractivity contribution in [3.05, 3.63) is 94.1 Å². The molecule has 2 N–H and O–H groups in total. The summed E-state index contributed by atoms with van der Waals surface area (Å²) >= 11 is 7.89. The van der Waals surface area contributed by atoms with Crippen molar-refractivity contribution in [2.75, 3.05) is 10.6 Å². The minimum absolute atomic E-state index is 0.0744. The van der Waals surface area contributed by atoms with E-state index in [2.05, 4.69) is 16.7 Å². The molecule has 2 aliphatic rings. The SMILES string of the molecule is Cc1ccc2c(c1)C1(Sc3cc(Cl)ccc3Nc3c1c(C)nn3-c1ccccc1)C(=O)N2. The van der Waals surface area contributed by atoms with Crippen LogP contribution in [0.15, 0.2) is 71.6 Å². The summed E-state index contributed by atoms with van der Waals surface area (Å²) in [6, 6.07) is 21.8. The van der Waals surface area contributed by atoms with Gasteiger partial charge in [0, 0.05) is 26.7 Å². The molecule has 2 aliphatic heterocycles. The third-order valence-electron chi connectivity index (χ3n) is 6.00. The van der Waals surface area contributed by atoms with Crippen LogP contribution in [0.2, 0.25) is 5.02 Å². The van der Waals surface area contributed by atoms with Crippen LogP contribution in [0, 0.1) is 13.8 Å². The van der Waals surface area contributed by atoms with Crippen molar-refractivity contribution in [3.63, 3.8) is 0 Å². The zero-order chi connectivity index (χ0) is 22.0. The van der Waals surface area contributed by atoms with Gasteiger partial charge in [-0.15, -0.1) is 0 Å². The summed E-state index contributed by atoms with van der Waals surface area (Å²) in [5, 5.41) is 12.2. The molecule has 0 saturated carbocycles. The van der Waals surface area contributed by atoms with Crippen LogP contribution >= 0.6 is 23.4 Å². The Bertz CT molecular complexity index is 1420. The smallest absolute Gasteiger partial charge is 0.250 e. The van der Waals surface area contributed by atoms with Gasteiger partial charge in [0.2, 0.25) is 5.91 Å². The van der Waals surface area contributed by atoms with E-state index >= 15 is 0 Å². The zero-order valence-electron chi connectivity index (χ0n) is 17.4. The number of hydrogen-bond donors (Lipinski definition) is 2. The molecule has 32 heavy (non-hydrogen) atoms. The highest BCUT2D eigenvalue weighted by atomic mass is 35.5. The number of carbonyl (C=O) groups excluding carboxylic acids is 1. The number of nitrogens with one attached hydrogen (secondary N) is 2. The summed E-state index contributed by atoms with van der Waals surface area (Å²) in [5.41, 5.74) is 6.34.